The van der Waals surface area contributed by atoms with Crippen molar-refractivity contribution in [3.05, 3.63) is 12.3 Å². The first kappa shape index (κ1) is 10.3. The van der Waals surface area contributed by atoms with Crippen LogP contribution in [0.1, 0.15) is 13.3 Å². The maximum absolute atomic E-state index is 5.30. The second-order valence-electron chi connectivity index (χ2n) is 2.69. The lowest BCUT2D eigenvalue weighted by Gasteiger charge is -2.10. The van der Waals surface area contributed by atoms with Gasteiger partial charge in [0.15, 0.2) is 0 Å². The molecular weight excluding hydrogens is 178 g/mol. The van der Waals surface area contributed by atoms with Gasteiger partial charge in [0, 0.05) is 12.3 Å². The molecule has 1 aromatic heterocycles. The normalized spacial score (nSPS) is 11.5. The van der Waals surface area contributed by atoms with Gasteiger partial charge in [-0.15, -0.1) is 6.42 Å². The summed E-state index contributed by atoms with van der Waals surface area (Å²) in [4.78, 5) is 8.11. The van der Waals surface area contributed by atoms with E-state index in [9.17, 15) is 0 Å². The van der Waals surface area contributed by atoms with E-state index in [-0.39, 0.29) is 6.04 Å². The predicted octanol–water partition coefficient (Wildman–Crippen LogP) is 1.31. The first-order chi connectivity index (χ1) is 6.80. The second kappa shape index (κ2) is 5.07. The summed E-state index contributed by atoms with van der Waals surface area (Å²) >= 11 is 0. The third kappa shape index (κ3) is 2.63. The maximum Gasteiger partial charge on any atom is 0.226 e. The molecule has 0 aliphatic heterocycles. The molecule has 14 heavy (non-hydrogen) atoms. The molecule has 1 atom stereocenters. The van der Waals surface area contributed by atoms with Gasteiger partial charge in [-0.3, -0.25) is 0 Å². The zero-order valence-electron chi connectivity index (χ0n) is 8.32. The van der Waals surface area contributed by atoms with Crippen LogP contribution in [0, 0.1) is 12.3 Å². The molecule has 74 valence electrons. The van der Waals surface area contributed by atoms with Crippen LogP contribution in [0.25, 0.3) is 0 Å². The summed E-state index contributed by atoms with van der Waals surface area (Å²) in [5, 5.41) is 3.01. The molecular formula is C10H13N3O. The van der Waals surface area contributed by atoms with Crippen molar-refractivity contribution < 1.29 is 4.74 Å². The second-order valence-corrected chi connectivity index (χ2v) is 2.69. The highest BCUT2D eigenvalue weighted by atomic mass is 16.5. The van der Waals surface area contributed by atoms with Crippen molar-refractivity contribution in [2.75, 3.05) is 12.4 Å². The molecule has 0 aromatic carbocycles. The Bertz CT molecular complexity index is 332. The van der Waals surface area contributed by atoms with Crippen LogP contribution in [0.4, 0.5) is 5.95 Å². The van der Waals surface area contributed by atoms with Gasteiger partial charge in [0.25, 0.3) is 0 Å². The smallest absolute Gasteiger partial charge is 0.226 e. The Morgan fingerprint density at radius 1 is 1.71 bits per heavy atom. The van der Waals surface area contributed by atoms with E-state index in [0.29, 0.717) is 11.8 Å². The molecule has 1 aromatic rings. The van der Waals surface area contributed by atoms with Crippen molar-refractivity contribution in [2.24, 2.45) is 0 Å². The van der Waals surface area contributed by atoms with Crippen LogP contribution < -0.4 is 10.1 Å². The molecule has 1 N–H and O–H groups in total. The van der Waals surface area contributed by atoms with E-state index < -0.39 is 0 Å². The summed E-state index contributed by atoms with van der Waals surface area (Å²) in [5.74, 6) is 3.62. The number of terminal acetylenes is 1. The molecule has 1 rings (SSSR count). The van der Waals surface area contributed by atoms with Crippen LogP contribution in [0.3, 0.4) is 0 Å². The topological polar surface area (TPSA) is 47.0 Å². The Morgan fingerprint density at radius 3 is 3.07 bits per heavy atom. The molecule has 0 saturated carbocycles. The van der Waals surface area contributed by atoms with Crippen molar-refractivity contribution in [3.63, 3.8) is 0 Å². The Kier molecular flexibility index (Phi) is 3.74. The lowest BCUT2D eigenvalue weighted by molar-refractivity contribution is 0.397. The lowest BCUT2D eigenvalue weighted by Crippen LogP contribution is -2.17. The molecule has 0 fully saturated rings. The third-order valence-corrected chi connectivity index (χ3v) is 1.75. The Labute approximate surface area is 83.7 Å². The first-order valence-electron chi connectivity index (χ1n) is 4.39. The number of hydrogen-bond donors (Lipinski definition) is 1. The van der Waals surface area contributed by atoms with Crippen LogP contribution >= 0.6 is 0 Å². The van der Waals surface area contributed by atoms with Crippen molar-refractivity contribution >= 4 is 5.95 Å². The Hall–Kier alpha value is -1.76. The van der Waals surface area contributed by atoms with E-state index in [0.717, 1.165) is 6.42 Å². The summed E-state index contributed by atoms with van der Waals surface area (Å²) in [7, 11) is 1.56. The molecule has 0 aliphatic rings. The van der Waals surface area contributed by atoms with Gasteiger partial charge in [0.1, 0.15) is 0 Å². The monoisotopic (exact) mass is 191 g/mol. The maximum atomic E-state index is 5.30. The number of methoxy groups -OCH3 is 1. The minimum absolute atomic E-state index is 0.0397. The standard InChI is InChI=1S/C10H13N3O/c1-4-8(5-2)12-10-11-7-6-9(13-10)14-3/h1,6-8H,5H2,2-3H3,(H,11,12,13). The zero-order valence-corrected chi connectivity index (χ0v) is 8.32. The summed E-state index contributed by atoms with van der Waals surface area (Å²) in [5.41, 5.74) is 0. The summed E-state index contributed by atoms with van der Waals surface area (Å²) in [6.45, 7) is 2.00. The van der Waals surface area contributed by atoms with Crippen molar-refractivity contribution in [1.29, 1.82) is 0 Å². The van der Waals surface area contributed by atoms with Crippen molar-refractivity contribution in [1.82, 2.24) is 9.97 Å². The molecule has 1 heterocycles. The summed E-state index contributed by atoms with van der Waals surface area (Å²) < 4.78 is 4.96. The molecule has 0 saturated heterocycles. The highest BCUT2D eigenvalue weighted by Gasteiger charge is 2.04. The molecule has 1 unspecified atom stereocenters. The highest BCUT2D eigenvalue weighted by Crippen LogP contribution is 2.08. The molecule has 0 aliphatic carbocycles. The van der Waals surface area contributed by atoms with Gasteiger partial charge in [0.05, 0.1) is 13.2 Å². The lowest BCUT2D eigenvalue weighted by atomic mass is 10.2. The van der Waals surface area contributed by atoms with E-state index >= 15 is 0 Å². The number of nitrogens with one attached hydrogen (secondary N) is 1. The average Bonchev–Trinajstić information content (AvgIpc) is 2.26. The molecule has 0 spiro atoms. The number of hydrogen-bond acceptors (Lipinski definition) is 4. The van der Waals surface area contributed by atoms with Gasteiger partial charge in [0.2, 0.25) is 11.8 Å². The number of aromatic nitrogens is 2. The van der Waals surface area contributed by atoms with E-state index in [1.807, 2.05) is 6.92 Å². The minimum atomic E-state index is -0.0397. The Balaban J connectivity index is 2.71. The van der Waals surface area contributed by atoms with E-state index in [4.69, 9.17) is 11.2 Å². The first-order valence-corrected chi connectivity index (χ1v) is 4.39. The fraction of sp³-hybridized carbons (Fsp3) is 0.400. The number of anilines is 1. The third-order valence-electron chi connectivity index (χ3n) is 1.75. The predicted molar refractivity (Wildman–Crippen MR) is 55.1 cm³/mol. The van der Waals surface area contributed by atoms with Gasteiger partial charge in [-0.25, -0.2) is 4.98 Å². The molecule has 4 heteroatoms. The summed E-state index contributed by atoms with van der Waals surface area (Å²) in [6.07, 6.45) is 7.76. The van der Waals surface area contributed by atoms with Crippen LogP contribution in [0.15, 0.2) is 12.3 Å². The molecule has 0 amide bonds. The fourth-order valence-corrected chi connectivity index (χ4v) is 0.943. The average molecular weight is 191 g/mol. The zero-order chi connectivity index (χ0) is 10.4. The van der Waals surface area contributed by atoms with Gasteiger partial charge < -0.3 is 10.1 Å². The van der Waals surface area contributed by atoms with Crippen molar-refractivity contribution in [3.8, 4) is 18.2 Å². The van der Waals surface area contributed by atoms with Gasteiger partial charge in [-0.1, -0.05) is 12.8 Å². The van der Waals surface area contributed by atoms with Crippen LogP contribution in [-0.2, 0) is 0 Å². The van der Waals surface area contributed by atoms with Gasteiger partial charge in [-0.05, 0) is 6.42 Å². The number of ether oxygens (including phenoxy) is 1. The number of nitrogens with zero attached hydrogens (tertiary/aromatic N) is 2. The van der Waals surface area contributed by atoms with Gasteiger partial charge in [-0.2, -0.15) is 4.98 Å². The largest absolute Gasteiger partial charge is 0.481 e. The highest BCUT2D eigenvalue weighted by molar-refractivity contribution is 5.31. The Morgan fingerprint density at radius 2 is 2.50 bits per heavy atom. The van der Waals surface area contributed by atoms with E-state index in [1.54, 1.807) is 19.4 Å². The van der Waals surface area contributed by atoms with E-state index in [1.165, 1.54) is 0 Å². The quantitative estimate of drug-likeness (QED) is 0.729. The van der Waals surface area contributed by atoms with Crippen LogP contribution in [0.5, 0.6) is 5.88 Å². The summed E-state index contributed by atoms with van der Waals surface area (Å²) in [6, 6.07) is 1.64. The van der Waals surface area contributed by atoms with E-state index in [2.05, 4.69) is 21.2 Å². The SMILES string of the molecule is C#CC(CC)Nc1nccc(OC)n1. The molecule has 0 bridgehead atoms. The fourth-order valence-electron chi connectivity index (χ4n) is 0.943. The molecule has 4 nitrogen and oxygen atoms in total. The van der Waals surface area contributed by atoms with Gasteiger partial charge >= 0.3 is 0 Å². The van der Waals surface area contributed by atoms with Crippen LogP contribution in [0.2, 0.25) is 0 Å². The number of rotatable bonds is 4. The van der Waals surface area contributed by atoms with Crippen LogP contribution in [-0.4, -0.2) is 23.1 Å². The van der Waals surface area contributed by atoms with Crippen molar-refractivity contribution in [2.45, 2.75) is 19.4 Å². The minimum Gasteiger partial charge on any atom is -0.481 e. The molecule has 0 radical (unpaired) electrons.